The number of hydrogen-bond donors (Lipinski definition) is 0. The molecule has 1 aromatic heterocycles. The Morgan fingerprint density at radius 3 is 2.65 bits per heavy atom. The second-order valence-corrected chi connectivity index (χ2v) is 5.91. The summed E-state index contributed by atoms with van der Waals surface area (Å²) in [7, 11) is 0. The molecule has 0 N–H and O–H groups in total. The van der Waals surface area contributed by atoms with E-state index in [1.165, 1.54) is 16.8 Å². The van der Waals surface area contributed by atoms with Crippen LogP contribution in [-0.4, -0.2) is 51.0 Å². The van der Waals surface area contributed by atoms with Crippen molar-refractivity contribution in [3.63, 3.8) is 0 Å². The number of aromatic nitrogens is 2. The van der Waals surface area contributed by atoms with Gasteiger partial charge < -0.3 is 9.80 Å². The molecule has 0 radical (unpaired) electrons. The van der Waals surface area contributed by atoms with Gasteiger partial charge in [-0.15, -0.1) is 0 Å². The molecule has 7 nitrogen and oxygen atoms in total. The highest BCUT2D eigenvalue weighted by atomic mass is 16.2. The Labute approximate surface area is 134 Å². The van der Waals surface area contributed by atoms with E-state index in [-0.39, 0.29) is 23.9 Å². The van der Waals surface area contributed by atoms with E-state index in [1.54, 1.807) is 9.80 Å². The van der Waals surface area contributed by atoms with Crippen molar-refractivity contribution in [3.05, 3.63) is 40.3 Å². The molecule has 0 atom stereocenters. The molecule has 7 heteroatoms. The molecule has 2 amide bonds. The summed E-state index contributed by atoms with van der Waals surface area (Å²) in [6.45, 7) is 5.90. The summed E-state index contributed by atoms with van der Waals surface area (Å²) in [6, 6.07) is 1.49. The van der Waals surface area contributed by atoms with Crippen molar-refractivity contribution in [2.45, 2.75) is 32.4 Å². The van der Waals surface area contributed by atoms with E-state index in [0.717, 1.165) is 37.2 Å². The van der Waals surface area contributed by atoms with Gasteiger partial charge in [-0.2, -0.15) is 5.10 Å². The van der Waals surface area contributed by atoms with Crippen LogP contribution in [0.3, 0.4) is 0 Å². The van der Waals surface area contributed by atoms with Gasteiger partial charge in [-0.25, -0.2) is 4.68 Å². The molecule has 1 saturated heterocycles. The zero-order chi connectivity index (χ0) is 16.4. The van der Waals surface area contributed by atoms with Crippen molar-refractivity contribution < 1.29 is 9.59 Å². The van der Waals surface area contributed by atoms with Crippen molar-refractivity contribution in [2.24, 2.45) is 0 Å². The summed E-state index contributed by atoms with van der Waals surface area (Å²) in [5, 5.41) is 4.34. The fourth-order valence-corrected chi connectivity index (χ4v) is 3.06. The highest BCUT2D eigenvalue weighted by Gasteiger charge is 2.23. The highest BCUT2D eigenvalue weighted by molar-refractivity contribution is 5.87. The maximum Gasteiger partial charge on any atom is 0.267 e. The average molecular weight is 316 g/mol. The van der Waals surface area contributed by atoms with Gasteiger partial charge in [-0.3, -0.25) is 14.4 Å². The fourth-order valence-electron chi connectivity index (χ4n) is 3.06. The third kappa shape index (κ3) is 3.18. The molecule has 0 spiro atoms. The summed E-state index contributed by atoms with van der Waals surface area (Å²) in [5.41, 5.74) is 1.23. The van der Waals surface area contributed by atoms with Gasteiger partial charge in [0.05, 0.1) is 5.69 Å². The Balaban J connectivity index is 1.77. The van der Waals surface area contributed by atoms with Crippen LogP contribution in [0.1, 0.15) is 24.1 Å². The number of hydrogen-bond acceptors (Lipinski definition) is 4. The third-order valence-corrected chi connectivity index (χ3v) is 4.37. The number of fused-ring (bicyclic) bond motifs is 1. The minimum Gasteiger partial charge on any atom is -0.341 e. The van der Waals surface area contributed by atoms with Crippen molar-refractivity contribution in [3.8, 4) is 0 Å². The van der Waals surface area contributed by atoms with Crippen LogP contribution in [-0.2, 0) is 29.1 Å². The lowest BCUT2D eigenvalue weighted by Gasteiger charge is -2.27. The zero-order valence-corrected chi connectivity index (χ0v) is 13.0. The predicted molar refractivity (Wildman–Crippen MR) is 83.6 cm³/mol. The van der Waals surface area contributed by atoms with Crippen molar-refractivity contribution >= 4 is 11.8 Å². The van der Waals surface area contributed by atoms with Crippen LogP contribution in [0.2, 0.25) is 0 Å². The Bertz CT molecular complexity index is 704. The van der Waals surface area contributed by atoms with Crippen LogP contribution < -0.4 is 5.56 Å². The Kier molecular flexibility index (Phi) is 4.27. The first-order valence-corrected chi connectivity index (χ1v) is 7.87. The SMILES string of the molecule is C=CC(=O)N1CCc2nn(CC(=O)N3CCCC3)c(=O)cc2C1. The average Bonchev–Trinajstić information content (AvgIpc) is 3.09. The maximum absolute atomic E-state index is 12.2. The van der Waals surface area contributed by atoms with Crippen LogP contribution in [0.25, 0.3) is 0 Å². The van der Waals surface area contributed by atoms with Crippen LogP contribution in [0, 0.1) is 0 Å². The molecular formula is C16H20N4O3. The molecule has 1 fully saturated rings. The monoisotopic (exact) mass is 316 g/mol. The Hall–Kier alpha value is -2.44. The first-order valence-electron chi connectivity index (χ1n) is 7.87. The van der Waals surface area contributed by atoms with E-state index < -0.39 is 0 Å². The third-order valence-electron chi connectivity index (χ3n) is 4.37. The van der Waals surface area contributed by atoms with Gasteiger partial charge >= 0.3 is 0 Å². The van der Waals surface area contributed by atoms with Crippen LogP contribution in [0.4, 0.5) is 0 Å². The lowest BCUT2D eigenvalue weighted by molar-refractivity contribution is -0.131. The molecule has 3 rings (SSSR count). The molecule has 23 heavy (non-hydrogen) atoms. The molecule has 0 saturated carbocycles. The topological polar surface area (TPSA) is 75.5 Å². The van der Waals surface area contributed by atoms with Crippen LogP contribution in [0.15, 0.2) is 23.5 Å². The van der Waals surface area contributed by atoms with Crippen LogP contribution in [0.5, 0.6) is 0 Å². The standard InChI is InChI=1S/C16H20N4O3/c1-2-14(21)19-8-5-13-12(10-19)9-15(22)20(17-13)11-16(23)18-6-3-4-7-18/h2,9H,1,3-8,10-11H2. The number of carbonyl (C=O) groups excluding carboxylic acids is 2. The second-order valence-electron chi connectivity index (χ2n) is 5.91. The Morgan fingerprint density at radius 2 is 1.96 bits per heavy atom. The van der Waals surface area contributed by atoms with E-state index >= 15 is 0 Å². The van der Waals surface area contributed by atoms with Crippen molar-refractivity contribution in [1.29, 1.82) is 0 Å². The van der Waals surface area contributed by atoms with Gasteiger partial charge in [0, 0.05) is 44.2 Å². The summed E-state index contributed by atoms with van der Waals surface area (Å²) < 4.78 is 1.24. The molecule has 2 aliphatic rings. The summed E-state index contributed by atoms with van der Waals surface area (Å²) >= 11 is 0. The van der Waals surface area contributed by atoms with E-state index in [2.05, 4.69) is 11.7 Å². The number of likely N-dealkylation sites (tertiary alicyclic amines) is 1. The van der Waals surface area contributed by atoms with Crippen molar-refractivity contribution in [1.82, 2.24) is 19.6 Å². The molecule has 1 aromatic rings. The van der Waals surface area contributed by atoms with Gasteiger partial charge in [0.1, 0.15) is 6.54 Å². The molecule has 0 unspecified atom stereocenters. The lowest BCUT2D eigenvalue weighted by atomic mass is 10.1. The van der Waals surface area contributed by atoms with Gasteiger partial charge in [0.25, 0.3) is 5.56 Å². The fraction of sp³-hybridized carbons (Fsp3) is 0.500. The molecule has 0 aliphatic carbocycles. The second kappa shape index (κ2) is 6.36. The number of nitrogens with zero attached hydrogens (tertiary/aromatic N) is 4. The summed E-state index contributed by atoms with van der Waals surface area (Å²) in [6.07, 6.45) is 3.89. The molecular weight excluding hydrogens is 296 g/mol. The minimum absolute atomic E-state index is 0.0125. The smallest absolute Gasteiger partial charge is 0.267 e. The van der Waals surface area contributed by atoms with Gasteiger partial charge in [-0.1, -0.05) is 6.58 Å². The Morgan fingerprint density at radius 1 is 1.22 bits per heavy atom. The quantitative estimate of drug-likeness (QED) is 0.732. The summed E-state index contributed by atoms with van der Waals surface area (Å²) in [5.74, 6) is -0.208. The van der Waals surface area contributed by atoms with Crippen molar-refractivity contribution in [2.75, 3.05) is 19.6 Å². The molecule has 3 heterocycles. The molecule has 0 bridgehead atoms. The number of amides is 2. The van der Waals surface area contributed by atoms with E-state index in [4.69, 9.17) is 0 Å². The minimum atomic E-state index is -0.302. The van der Waals surface area contributed by atoms with Gasteiger partial charge in [0.2, 0.25) is 11.8 Å². The normalized spacial score (nSPS) is 17.0. The zero-order valence-electron chi connectivity index (χ0n) is 13.0. The number of rotatable bonds is 3. The van der Waals surface area contributed by atoms with Gasteiger partial charge in [-0.05, 0) is 18.9 Å². The first kappa shape index (κ1) is 15.5. The molecule has 122 valence electrons. The summed E-state index contributed by atoms with van der Waals surface area (Å²) in [4.78, 5) is 39.5. The van der Waals surface area contributed by atoms with E-state index in [9.17, 15) is 14.4 Å². The maximum atomic E-state index is 12.2. The first-order chi connectivity index (χ1) is 11.1. The van der Waals surface area contributed by atoms with E-state index in [0.29, 0.717) is 19.5 Å². The van der Waals surface area contributed by atoms with Gasteiger partial charge in [0.15, 0.2) is 0 Å². The van der Waals surface area contributed by atoms with Crippen LogP contribution >= 0.6 is 0 Å². The predicted octanol–water partition coefficient (Wildman–Crippen LogP) is -0.0636. The highest BCUT2D eigenvalue weighted by Crippen LogP contribution is 2.15. The number of carbonyl (C=O) groups is 2. The molecule has 2 aliphatic heterocycles. The lowest BCUT2D eigenvalue weighted by Crippen LogP contribution is -2.39. The van der Waals surface area contributed by atoms with E-state index in [1.807, 2.05) is 0 Å². The largest absolute Gasteiger partial charge is 0.341 e. The molecule has 0 aromatic carbocycles.